The summed E-state index contributed by atoms with van der Waals surface area (Å²) in [6, 6.07) is 0. The number of unbranched alkanes of at least 4 members (excludes halogenated alkanes) is 15. The van der Waals surface area contributed by atoms with E-state index < -0.39 is 5.97 Å². The first-order valence-electron chi connectivity index (χ1n) is 11.6. The molecular weight excluding hydrogens is 338 g/mol. The van der Waals surface area contributed by atoms with Crippen LogP contribution in [0, 0.1) is 0 Å². The van der Waals surface area contributed by atoms with E-state index in [-0.39, 0.29) is 6.54 Å². The Morgan fingerprint density at radius 1 is 0.704 bits per heavy atom. The molecule has 4 nitrogen and oxygen atoms in total. The first-order chi connectivity index (χ1) is 13.0. The fraction of sp³-hybridized carbons (Fsp3) is 0.957. The molecule has 0 rings (SSSR count). The van der Waals surface area contributed by atoms with Crippen LogP contribution in [0.1, 0.15) is 110 Å². The van der Waals surface area contributed by atoms with Crippen LogP contribution < -0.4 is 0 Å². The van der Waals surface area contributed by atoms with Crippen molar-refractivity contribution in [1.29, 1.82) is 0 Å². The Kier molecular flexibility index (Phi) is 18.3. The molecule has 0 aromatic rings. The van der Waals surface area contributed by atoms with Gasteiger partial charge in [-0.3, -0.25) is 4.48 Å². The Bertz CT molecular complexity index is 332. The van der Waals surface area contributed by atoms with Crippen LogP contribution in [-0.4, -0.2) is 49.5 Å². The highest BCUT2D eigenvalue weighted by Gasteiger charge is 2.19. The van der Waals surface area contributed by atoms with Gasteiger partial charge in [-0.15, -0.1) is 0 Å². The van der Waals surface area contributed by atoms with Gasteiger partial charge in [0.05, 0.1) is 20.7 Å². The monoisotopic (exact) mass is 386 g/mol. The van der Waals surface area contributed by atoms with Gasteiger partial charge in [-0.05, 0) is 6.42 Å². The molecule has 27 heavy (non-hydrogen) atoms. The maximum atomic E-state index is 10.7. The highest BCUT2D eigenvalue weighted by atomic mass is 16.5. The van der Waals surface area contributed by atoms with Crippen LogP contribution in [0.4, 0.5) is 0 Å². The van der Waals surface area contributed by atoms with E-state index >= 15 is 0 Å². The lowest BCUT2D eigenvalue weighted by atomic mass is 10.0. The van der Waals surface area contributed by atoms with Gasteiger partial charge >= 0.3 is 5.97 Å². The van der Waals surface area contributed by atoms with Gasteiger partial charge in [-0.1, -0.05) is 103 Å². The largest absolute Gasteiger partial charge is 0.477 e. The van der Waals surface area contributed by atoms with Crippen molar-refractivity contribution in [1.82, 2.24) is 0 Å². The number of aliphatic carboxylic acids is 1. The average Bonchev–Trinajstić information content (AvgIpc) is 2.59. The van der Waals surface area contributed by atoms with Crippen molar-refractivity contribution in [3.8, 4) is 0 Å². The van der Waals surface area contributed by atoms with Crippen LogP contribution in [0.5, 0.6) is 0 Å². The summed E-state index contributed by atoms with van der Waals surface area (Å²) in [5.41, 5.74) is 0. The maximum Gasteiger partial charge on any atom is 0.359 e. The molecule has 0 aliphatic carbocycles. The third-order valence-electron chi connectivity index (χ3n) is 5.15. The number of hydrogen-bond acceptors (Lipinski definition) is 2. The topological polar surface area (TPSA) is 46.5 Å². The Morgan fingerprint density at radius 3 is 1.44 bits per heavy atom. The van der Waals surface area contributed by atoms with Crippen LogP contribution in [0.2, 0.25) is 0 Å². The molecule has 0 saturated carbocycles. The molecule has 0 amide bonds. The first kappa shape index (κ1) is 26.4. The average molecular weight is 387 g/mol. The fourth-order valence-electron chi connectivity index (χ4n) is 3.48. The van der Waals surface area contributed by atoms with E-state index in [1.54, 1.807) is 0 Å². The Hall–Kier alpha value is -0.610. The molecule has 0 unspecified atom stereocenters. The number of ether oxygens (including phenoxy) is 1. The normalized spacial score (nSPS) is 11.8. The van der Waals surface area contributed by atoms with E-state index in [4.69, 9.17) is 9.84 Å². The highest BCUT2D eigenvalue weighted by Crippen LogP contribution is 2.13. The minimum absolute atomic E-state index is 0.110. The molecule has 0 aromatic heterocycles. The SMILES string of the molecule is CCCCCCCCCCCCCCCCCCOC[N+](C)(C)CC(=O)O. The Labute approximate surface area is 169 Å². The van der Waals surface area contributed by atoms with Crippen molar-refractivity contribution >= 4 is 5.97 Å². The number of carbonyl (C=O) groups is 1. The number of rotatable bonds is 21. The molecule has 1 N–H and O–H groups in total. The number of quaternary nitrogens is 1. The summed E-state index contributed by atoms with van der Waals surface area (Å²) in [7, 11) is 3.78. The number of hydrogen-bond donors (Lipinski definition) is 1. The first-order valence-corrected chi connectivity index (χ1v) is 11.6. The summed E-state index contributed by atoms with van der Waals surface area (Å²) in [5, 5.41) is 8.83. The second-order valence-corrected chi connectivity index (χ2v) is 8.83. The summed E-state index contributed by atoms with van der Waals surface area (Å²) in [5.74, 6) is -0.772. The van der Waals surface area contributed by atoms with E-state index in [1.807, 2.05) is 14.1 Å². The molecule has 0 radical (unpaired) electrons. The quantitative estimate of drug-likeness (QED) is 0.141. The van der Waals surface area contributed by atoms with Crippen LogP contribution in [0.25, 0.3) is 0 Å². The lowest BCUT2D eigenvalue weighted by Crippen LogP contribution is -2.45. The predicted octanol–water partition coefficient (Wildman–Crippen LogP) is 6.38. The lowest BCUT2D eigenvalue weighted by molar-refractivity contribution is -0.902. The maximum absolute atomic E-state index is 10.7. The molecule has 0 heterocycles. The zero-order chi connectivity index (χ0) is 20.2. The van der Waals surface area contributed by atoms with E-state index in [1.165, 1.54) is 96.3 Å². The molecule has 4 heteroatoms. The summed E-state index contributed by atoms with van der Waals surface area (Å²) in [6.07, 6.45) is 22.0. The van der Waals surface area contributed by atoms with Crippen molar-refractivity contribution in [2.45, 2.75) is 110 Å². The fourth-order valence-corrected chi connectivity index (χ4v) is 3.48. The smallest absolute Gasteiger partial charge is 0.359 e. The van der Waals surface area contributed by atoms with Crippen molar-refractivity contribution < 1.29 is 19.1 Å². The predicted molar refractivity (Wildman–Crippen MR) is 115 cm³/mol. The molecule has 0 bridgehead atoms. The summed E-state index contributed by atoms with van der Waals surface area (Å²) in [6.45, 7) is 3.62. The van der Waals surface area contributed by atoms with Gasteiger partial charge in [0.15, 0.2) is 13.3 Å². The number of likely N-dealkylation sites (N-methyl/N-ethyl adjacent to an activating group) is 1. The van der Waals surface area contributed by atoms with Crippen LogP contribution in [0.15, 0.2) is 0 Å². The number of carboxylic acid groups (broad SMARTS) is 1. The van der Waals surface area contributed by atoms with Crippen LogP contribution in [-0.2, 0) is 9.53 Å². The van der Waals surface area contributed by atoms with Gasteiger partial charge in [0.25, 0.3) is 0 Å². The van der Waals surface area contributed by atoms with E-state index in [2.05, 4.69) is 6.92 Å². The van der Waals surface area contributed by atoms with Crippen LogP contribution in [0.3, 0.4) is 0 Å². The van der Waals surface area contributed by atoms with Gasteiger partial charge in [-0.25, -0.2) is 4.79 Å². The molecule has 0 atom stereocenters. The van der Waals surface area contributed by atoms with Gasteiger partial charge < -0.3 is 9.84 Å². The second kappa shape index (κ2) is 18.7. The molecule has 0 aliphatic heterocycles. The zero-order valence-electron chi connectivity index (χ0n) is 18.6. The van der Waals surface area contributed by atoms with Crippen molar-refractivity contribution in [2.24, 2.45) is 0 Å². The Balaban J connectivity index is 3.16. The van der Waals surface area contributed by atoms with Gasteiger partial charge in [-0.2, -0.15) is 0 Å². The standard InChI is InChI=1S/C23H47NO3/c1-4-5-6-7-8-9-10-11-12-13-14-15-16-17-18-19-20-27-22-24(2,3)21-23(25)26/h4-22H2,1-3H3/p+1. The zero-order valence-corrected chi connectivity index (χ0v) is 18.6. The molecular formula is C23H48NO3+. The molecule has 0 aliphatic rings. The second-order valence-electron chi connectivity index (χ2n) is 8.83. The minimum atomic E-state index is -0.772. The van der Waals surface area contributed by atoms with E-state index in [0.29, 0.717) is 11.2 Å². The minimum Gasteiger partial charge on any atom is -0.477 e. The summed E-state index contributed by atoms with van der Waals surface area (Å²) >= 11 is 0. The lowest BCUT2D eigenvalue weighted by Gasteiger charge is -2.27. The number of carboxylic acids is 1. The third kappa shape index (κ3) is 21.5. The Morgan fingerprint density at radius 2 is 1.07 bits per heavy atom. The van der Waals surface area contributed by atoms with Crippen molar-refractivity contribution in [3.63, 3.8) is 0 Å². The van der Waals surface area contributed by atoms with Crippen molar-refractivity contribution in [3.05, 3.63) is 0 Å². The molecule has 162 valence electrons. The van der Waals surface area contributed by atoms with Crippen LogP contribution >= 0.6 is 0 Å². The molecule has 0 aromatic carbocycles. The van der Waals surface area contributed by atoms with E-state index in [9.17, 15) is 4.79 Å². The van der Waals surface area contributed by atoms with Crippen molar-refractivity contribution in [2.75, 3.05) is 34.0 Å². The third-order valence-corrected chi connectivity index (χ3v) is 5.15. The summed E-state index contributed by atoms with van der Waals surface area (Å²) in [4.78, 5) is 10.7. The van der Waals surface area contributed by atoms with Gasteiger partial charge in [0.1, 0.15) is 0 Å². The molecule has 0 saturated heterocycles. The number of nitrogens with zero attached hydrogens (tertiary/aromatic N) is 1. The molecule has 0 fully saturated rings. The van der Waals surface area contributed by atoms with Gasteiger partial charge in [0.2, 0.25) is 0 Å². The summed E-state index contributed by atoms with van der Waals surface area (Å²) < 4.78 is 6.01. The van der Waals surface area contributed by atoms with E-state index in [0.717, 1.165) is 13.0 Å². The molecule has 0 spiro atoms. The van der Waals surface area contributed by atoms with Gasteiger partial charge in [0, 0.05) is 0 Å². The highest BCUT2D eigenvalue weighted by molar-refractivity contribution is 5.67.